The van der Waals surface area contributed by atoms with Crippen LogP contribution in [0.25, 0.3) is 0 Å². The summed E-state index contributed by atoms with van der Waals surface area (Å²) in [4.78, 5) is 23.0. The molecule has 0 radical (unpaired) electrons. The van der Waals surface area contributed by atoms with E-state index in [1.54, 1.807) is 29.8 Å². The monoisotopic (exact) mass is 397 g/mol. The van der Waals surface area contributed by atoms with Crippen molar-refractivity contribution in [1.82, 2.24) is 14.8 Å². The molecule has 1 aromatic heterocycles. The molecule has 3 rings (SSSR count). The molecule has 1 heterocycles. The number of nitro benzene ring substituents is 1. The lowest BCUT2D eigenvalue weighted by atomic mass is 10.2. The topological polar surface area (TPSA) is 103 Å². The van der Waals surface area contributed by atoms with Gasteiger partial charge in [0.25, 0.3) is 5.69 Å². The number of nitrogens with one attached hydrogen (secondary N) is 1. The maximum Gasteiger partial charge on any atom is 0.273 e. The fourth-order valence-corrected chi connectivity index (χ4v) is 3.49. The van der Waals surface area contributed by atoms with Crippen LogP contribution in [0, 0.1) is 17.0 Å². The Balaban J connectivity index is 1.63. The number of hydrogen-bond donors (Lipinski definition) is 1. The fraction of sp³-hybridized carbons (Fsp3) is 0.211. The third-order valence-corrected chi connectivity index (χ3v) is 5.19. The van der Waals surface area contributed by atoms with Crippen LogP contribution in [0.3, 0.4) is 0 Å². The zero-order chi connectivity index (χ0) is 20.1. The second-order valence-corrected chi connectivity index (χ2v) is 7.17. The molecule has 0 aliphatic heterocycles. The lowest BCUT2D eigenvalue weighted by Gasteiger charge is -2.06. The standard InChI is InChI=1S/C19H19N5O3S/c1-13-7-9-15(10-8-13)20-18(25)11-17-21-22-19(23(17)2)28-12-14-5-3-4-6-16(14)24(26)27/h3-10H,11-12H2,1-2H3,(H,20,25). The highest BCUT2D eigenvalue weighted by Gasteiger charge is 2.16. The second kappa shape index (κ2) is 8.66. The zero-order valence-corrected chi connectivity index (χ0v) is 16.3. The number of para-hydroxylation sites is 1. The molecule has 0 unspecified atom stereocenters. The lowest BCUT2D eigenvalue weighted by molar-refractivity contribution is -0.385. The molecule has 0 saturated heterocycles. The van der Waals surface area contributed by atoms with E-state index in [2.05, 4.69) is 15.5 Å². The van der Waals surface area contributed by atoms with Gasteiger partial charge in [-0.2, -0.15) is 0 Å². The van der Waals surface area contributed by atoms with E-state index in [1.807, 2.05) is 31.2 Å². The molecular formula is C19H19N5O3S. The van der Waals surface area contributed by atoms with Crippen molar-refractivity contribution in [1.29, 1.82) is 0 Å². The van der Waals surface area contributed by atoms with E-state index in [9.17, 15) is 14.9 Å². The molecule has 1 amide bonds. The summed E-state index contributed by atoms with van der Waals surface area (Å²) in [6, 6.07) is 14.1. The number of rotatable bonds is 7. The highest BCUT2D eigenvalue weighted by atomic mass is 32.2. The Morgan fingerprint density at radius 2 is 1.89 bits per heavy atom. The van der Waals surface area contributed by atoms with E-state index in [0.717, 1.165) is 11.3 Å². The third-order valence-electron chi connectivity index (χ3n) is 4.12. The normalized spacial score (nSPS) is 10.6. The van der Waals surface area contributed by atoms with E-state index >= 15 is 0 Å². The maximum absolute atomic E-state index is 12.3. The average Bonchev–Trinajstić information content (AvgIpc) is 3.01. The number of amides is 1. The van der Waals surface area contributed by atoms with Crippen molar-refractivity contribution in [3.8, 4) is 0 Å². The van der Waals surface area contributed by atoms with Crippen molar-refractivity contribution >= 4 is 29.0 Å². The summed E-state index contributed by atoms with van der Waals surface area (Å²) < 4.78 is 1.73. The first-order chi connectivity index (χ1) is 13.4. The summed E-state index contributed by atoms with van der Waals surface area (Å²) in [6.45, 7) is 1.98. The molecule has 0 bridgehead atoms. The number of hydrogen-bond acceptors (Lipinski definition) is 6. The first-order valence-electron chi connectivity index (χ1n) is 8.54. The fourth-order valence-electron chi connectivity index (χ4n) is 2.56. The van der Waals surface area contributed by atoms with Crippen molar-refractivity contribution in [3.05, 3.63) is 75.6 Å². The quantitative estimate of drug-likeness (QED) is 0.372. The predicted molar refractivity (Wildman–Crippen MR) is 107 cm³/mol. The maximum atomic E-state index is 12.3. The minimum absolute atomic E-state index is 0.0786. The highest BCUT2D eigenvalue weighted by Crippen LogP contribution is 2.26. The largest absolute Gasteiger partial charge is 0.326 e. The molecule has 8 nitrogen and oxygen atoms in total. The molecular weight excluding hydrogens is 378 g/mol. The van der Waals surface area contributed by atoms with Crippen LogP contribution in [-0.2, 0) is 24.0 Å². The van der Waals surface area contributed by atoms with Gasteiger partial charge in [-0.3, -0.25) is 14.9 Å². The van der Waals surface area contributed by atoms with Gasteiger partial charge in [-0.05, 0) is 19.1 Å². The van der Waals surface area contributed by atoms with Gasteiger partial charge in [0.2, 0.25) is 5.91 Å². The molecule has 9 heteroatoms. The minimum Gasteiger partial charge on any atom is -0.326 e. The number of carbonyl (C=O) groups is 1. The molecule has 0 aliphatic rings. The Hall–Kier alpha value is -3.20. The van der Waals surface area contributed by atoms with Crippen LogP contribution in [0.1, 0.15) is 17.0 Å². The van der Waals surface area contributed by atoms with Crippen LogP contribution in [-0.4, -0.2) is 25.6 Å². The molecule has 1 N–H and O–H groups in total. The van der Waals surface area contributed by atoms with Crippen LogP contribution in [0.2, 0.25) is 0 Å². The Kier molecular flexibility index (Phi) is 6.05. The first kappa shape index (κ1) is 19.6. The Labute approximate surface area is 166 Å². The van der Waals surface area contributed by atoms with Gasteiger partial charge in [0.1, 0.15) is 5.82 Å². The van der Waals surface area contributed by atoms with Crippen molar-refractivity contribution in [2.24, 2.45) is 7.05 Å². The van der Waals surface area contributed by atoms with Crippen LogP contribution < -0.4 is 5.32 Å². The number of aryl methyl sites for hydroxylation is 1. The van der Waals surface area contributed by atoms with Crippen molar-refractivity contribution in [2.45, 2.75) is 24.3 Å². The summed E-state index contributed by atoms with van der Waals surface area (Å²) in [5.41, 5.74) is 2.53. The average molecular weight is 397 g/mol. The molecule has 2 aromatic carbocycles. The smallest absolute Gasteiger partial charge is 0.273 e. The number of benzene rings is 2. The Morgan fingerprint density at radius 3 is 2.61 bits per heavy atom. The van der Waals surface area contributed by atoms with Gasteiger partial charge in [0.05, 0.1) is 11.3 Å². The van der Waals surface area contributed by atoms with E-state index in [1.165, 1.54) is 17.8 Å². The Bertz CT molecular complexity index is 1000. The molecule has 0 spiro atoms. The molecule has 144 valence electrons. The van der Waals surface area contributed by atoms with Crippen LogP contribution in [0.4, 0.5) is 11.4 Å². The first-order valence-corrected chi connectivity index (χ1v) is 9.52. The van der Waals surface area contributed by atoms with Crippen molar-refractivity contribution < 1.29 is 9.72 Å². The van der Waals surface area contributed by atoms with Crippen LogP contribution >= 0.6 is 11.8 Å². The van der Waals surface area contributed by atoms with Gasteiger partial charge in [-0.1, -0.05) is 47.7 Å². The molecule has 0 atom stereocenters. The van der Waals surface area contributed by atoms with Crippen molar-refractivity contribution in [3.63, 3.8) is 0 Å². The summed E-state index contributed by atoms with van der Waals surface area (Å²) in [5.74, 6) is 0.725. The summed E-state index contributed by atoms with van der Waals surface area (Å²) >= 11 is 1.34. The number of nitrogens with zero attached hydrogens (tertiary/aromatic N) is 4. The number of carbonyl (C=O) groups excluding carboxylic acids is 1. The van der Waals surface area contributed by atoms with E-state index in [0.29, 0.717) is 22.3 Å². The number of aromatic nitrogens is 3. The third kappa shape index (κ3) is 4.74. The number of nitro groups is 1. The molecule has 3 aromatic rings. The van der Waals surface area contributed by atoms with E-state index in [4.69, 9.17) is 0 Å². The zero-order valence-electron chi connectivity index (χ0n) is 15.5. The van der Waals surface area contributed by atoms with Crippen LogP contribution in [0.5, 0.6) is 0 Å². The lowest BCUT2D eigenvalue weighted by Crippen LogP contribution is -2.17. The van der Waals surface area contributed by atoms with Gasteiger partial charge in [-0.25, -0.2) is 0 Å². The second-order valence-electron chi connectivity index (χ2n) is 6.22. The van der Waals surface area contributed by atoms with E-state index in [-0.39, 0.29) is 18.0 Å². The highest BCUT2D eigenvalue weighted by molar-refractivity contribution is 7.98. The van der Waals surface area contributed by atoms with Crippen molar-refractivity contribution in [2.75, 3.05) is 5.32 Å². The predicted octanol–water partition coefficient (Wildman–Crippen LogP) is 3.51. The Morgan fingerprint density at radius 1 is 1.18 bits per heavy atom. The van der Waals surface area contributed by atoms with Gasteiger partial charge in [0, 0.05) is 30.1 Å². The van der Waals surface area contributed by atoms with Gasteiger partial charge >= 0.3 is 0 Å². The molecule has 0 aliphatic carbocycles. The minimum atomic E-state index is -0.395. The van der Waals surface area contributed by atoms with E-state index < -0.39 is 4.92 Å². The summed E-state index contributed by atoms with van der Waals surface area (Å²) in [5, 5.41) is 22.7. The van der Waals surface area contributed by atoms with Gasteiger partial charge in [0.15, 0.2) is 5.16 Å². The van der Waals surface area contributed by atoms with Gasteiger partial charge in [-0.15, -0.1) is 10.2 Å². The number of thioether (sulfide) groups is 1. The molecule has 28 heavy (non-hydrogen) atoms. The molecule has 0 saturated carbocycles. The molecule has 0 fully saturated rings. The summed E-state index contributed by atoms with van der Waals surface area (Å²) in [7, 11) is 1.77. The number of anilines is 1. The van der Waals surface area contributed by atoms with Crippen LogP contribution in [0.15, 0.2) is 53.7 Å². The van der Waals surface area contributed by atoms with Gasteiger partial charge < -0.3 is 9.88 Å². The SMILES string of the molecule is Cc1ccc(NC(=O)Cc2nnc(SCc3ccccc3[N+](=O)[O-])n2C)cc1. The summed E-state index contributed by atoms with van der Waals surface area (Å²) in [6.07, 6.45) is 0.0867.